The van der Waals surface area contributed by atoms with Gasteiger partial charge in [-0.2, -0.15) is 0 Å². The molecule has 0 aromatic carbocycles. The molecule has 1 aliphatic carbocycles. The summed E-state index contributed by atoms with van der Waals surface area (Å²) >= 11 is 3.48. The van der Waals surface area contributed by atoms with Crippen molar-refractivity contribution in [2.45, 2.75) is 37.1 Å². The average molecular weight is 365 g/mol. The van der Waals surface area contributed by atoms with Gasteiger partial charge in [0, 0.05) is 18.1 Å². The Morgan fingerprint density at radius 1 is 1.35 bits per heavy atom. The summed E-state index contributed by atoms with van der Waals surface area (Å²) in [6.07, 6.45) is 6.63. The standard InChI is InChI=1S/C13H18BrFN2O2S/c14-9-13(6-2-1-3-7-13)10-17-20(18,19)12-11(15)5-4-8-16-12/h4-5,8,17H,1-3,6-7,9-10H2. The molecule has 1 N–H and O–H groups in total. The van der Waals surface area contributed by atoms with Gasteiger partial charge in [0.05, 0.1) is 0 Å². The average Bonchev–Trinajstić information content (AvgIpc) is 2.47. The lowest BCUT2D eigenvalue weighted by Crippen LogP contribution is -2.40. The van der Waals surface area contributed by atoms with E-state index >= 15 is 0 Å². The molecule has 0 saturated heterocycles. The Morgan fingerprint density at radius 2 is 2.05 bits per heavy atom. The molecule has 0 radical (unpaired) electrons. The van der Waals surface area contributed by atoms with Crippen LogP contribution in [0.25, 0.3) is 0 Å². The molecule has 1 aromatic heterocycles. The van der Waals surface area contributed by atoms with Gasteiger partial charge in [-0.25, -0.2) is 22.5 Å². The highest BCUT2D eigenvalue weighted by molar-refractivity contribution is 9.09. The molecule has 0 aliphatic heterocycles. The summed E-state index contributed by atoms with van der Waals surface area (Å²) in [6, 6.07) is 2.47. The number of nitrogens with zero attached hydrogens (tertiary/aromatic N) is 1. The molecule has 1 saturated carbocycles. The van der Waals surface area contributed by atoms with Crippen molar-refractivity contribution in [3.8, 4) is 0 Å². The van der Waals surface area contributed by atoms with E-state index in [-0.39, 0.29) is 5.41 Å². The summed E-state index contributed by atoms with van der Waals surface area (Å²) in [6.45, 7) is 0.316. The van der Waals surface area contributed by atoms with Crippen molar-refractivity contribution in [1.82, 2.24) is 9.71 Å². The molecule has 1 fully saturated rings. The van der Waals surface area contributed by atoms with Crippen molar-refractivity contribution in [2.24, 2.45) is 5.41 Å². The Bertz CT molecular complexity index is 559. The van der Waals surface area contributed by atoms with E-state index in [1.165, 1.54) is 18.7 Å². The molecule has 7 heteroatoms. The minimum atomic E-state index is -3.90. The maximum Gasteiger partial charge on any atom is 0.261 e. The Morgan fingerprint density at radius 3 is 2.65 bits per heavy atom. The van der Waals surface area contributed by atoms with Crippen LogP contribution < -0.4 is 4.72 Å². The maximum absolute atomic E-state index is 13.5. The Kier molecular flexibility index (Phi) is 5.14. The maximum atomic E-state index is 13.5. The zero-order valence-corrected chi connectivity index (χ0v) is 13.5. The van der Waals surface area contributed by atoms with Crippen molar-refractivity contribution < 1.29 is 12.8 Å². The molecule has 2 rings (SSSR count). The minimum absolute atomic E-state index is 0.0728. The summed E-state index contributed by atoms with van der Waals surface area (Å²) in [5.41, 5.74) is -0.0728. The number of aromatic nitrogens is 1. The van der Waals surface area contributed by atoms with Crippen LogP contribution in [0.4, 0.5) is 4.39 Å². The van der Waals surface area contributed by atoms with Crippen LogP contribution in [0.2, 0.25) is 0 Å². The lowest BCUT2D eigenvalue weighted by atomic mass is 9.76. The highest BCUT2D eigenvalue weighted by atomic mass is 79.9. The van der Waals surface area contributed by atoms with Crippen LogP contribution in [0.3, 0.4) is 0 Å². The molecule has 20 heavy (non-hydrogen) atoms. The van der Waals surface area contributed by atoms with E-state index in [0.29, 0.717) is 6.54 Å². The van der Waals surface area contributed by atoms with E-state index < -0.39 is 20.9 Å². The van der Waals surface area contributed by atoms with Gasteiger partial charge < -0.3 is 0 Å². The first kappa shape index (κ1) is 15.9. The summed E-state index contributed by atoms with van der Waals surface area (Å²) in [7, 11) is -3.90. The molecule has 0 spiro atoms. The Labute approximate surface area is 127 Å². The number of nitrogens with one attached hydrogen (secondary N) is 1. The lowest BCUT2D eigenvalue weighted by Gasteiger charge is -2.35. The molecule has 1 aliphatic rings. The number of halogens is 2. The Hall–Kier alpha value is -0.530. The zero-order chi connectivity index (χ0) is 14.6. The van der Waals surface area contributed by atoms with E-state index in [1.54, 1.807) is 0 Å². The third-order valence-electron chi connectivity index (χ3n) is 3.81. The van der Waals surface area contributed by atoms with Gasteiger partial charge in [0.1, 0.15) is 0 Å². The van der Waals surface area contributed by atoms with Crippen LogP contribution in [0.5, 0.6) is 0 Å². The van der Waals surface area contributed by atoms with E-state index in [1.807, 2.05) is 0 Å². The summed E-state index contributed by atoms with van der Waals surface area (Å²) in [4.78, 5) is 3.63. The van der Waals surface area contributed by atoms with Crippen molar-refractivity contribution in [3.05, 3.63) is 24.1 Å². The van der Waals surface area contributed by atoms with Crippen LogP contribution in [-0.4, -0.2) is 25.3 Å². The molecular weight excluding hydrogens is 347 g/mol. The monoisotopic (exact) mass is 364 g/mol. The largest absolute Gasteiger partial charge is 0.261 e. The molecule has 1 aromatic rings. The number of rotatable bonds is 5. The predicted octanol–water partition coefficient (Wildman–Crippen LogP) is 2.84. The summed E-state index contributed by atoms with van der Waals surface area (Å²) < 4.78 is 40.3. The molecular formula is C13H18BrFN2O2S. The minimum Gasteiger partial charge on any atom is -0.241 e. The van der Waals surface area contributed by atoms with Crippen LogP contribution in [-0.2, 0) is 10.0 Å². The van der Waals surface area contributed by atoms with Gasteiger partial charge in [-0.3, -0.25) is 0 Å². The first-order chi connectivity index (χ1) is 9.49. The summed E-state index contributed by atoms with van der Waals surface area (Å²) in [5, 5.41) is 0.216. The number of hydrogen-bond acceptors (Lipinski definition) is 3. The van der Waals surface area contributed by atoms with Crippen molar-refractivity contribution >= 4 is 26.0 Å². The van der Waals surface area contributed by atoms with Crippen LogP contribution >= 0.6 is 15.9 Å². The molecule has 112 valence electrons. The van der Waals surface area contributed by atoms with Gasteiger partial charge in [0.2, 0.25) is 5.03 Å². The molecule has 0 amide bonds. The van der Waals surface area contributed by atoms with Crippen LogP contribution in [0.1, 0.15) is 32.1 Å². The van der Waals surface area contributed by atoms with Gasteiger partial charge in [-0.05, 0) is 30.4 Å². The molecule has 4 nitrogen and oxygen atoms in total. The van der Waals surface area contributed by atoms with Crippen molar-refractivity contribution in [2.75, 3.05) is 11.9 Å². The topological polar surface area (TPSA) is 59.1 Å². The highest BCUT2D eigenvalue weighted by Gasteiger charge is 2.33. The first-order valence-electron chi connectivity index (χ1n) is 6.65. The molecule has 1 heterocycles. The molecule has 0 bridgehead atoms. The number of sulfonamides is 1. The van der Waals surface area contributed by atoms with E-state index in [9.17, 15) is 12.8 Å². The molecule has 0 unspecified atom stereocenters. The lowest BCUT2D eigenvalue weighted by molar-refractivity contribution is 0.227. The van der Waals surface area contributed by atoms with E-state index in [0.717, 1.165) is 37.1 Å². The second kappa shape index (κ2) is 6.49. The normalized spacial score (nSPS) is 18.9. The fourth-order valence-electron chi connectivity index (χ4n) is 2.54. The van der Waals surface area contributed by atoms with Crippen molar-refractivity contribution in [1.29, 1.82) is 0 Å². The smallest absolute Gasteiger partial charge is 0.241 e. The zero-order valence-electron chi connectivity index (χ0n) is 11.1. The fraction of sp³-hybridized carbons (Fsp3) is 0.615. The van der Waals surface area contributed by atoms with Gasteiger partial charge in [-0.15, -0.1) is 0 Å². The second-order valence-electron chi connectivity index (χ2n) is 5.31. The van der Waals surface area contributed by atoms with Crippen LogP contribution in [0.15, 0.2) is 23.4 Å². The predicted molar refractivity (Wildman–Crippen MR) is 78.7 cm³/mol. The third-order valence-corrected chi connectivity index (χ3v) is 6.34. The van der Waals surface area contributed by atoms with Gasteiger partial charge in [0.15, 0.2) is 5.82 Å². The fourth-order valence-corrected chi connectivity index (χ4v) is 4.46. The SMILES string of the molecule is O=S(=O)(NCC1(CBr)CCCCC1)c1ncccc1F. The molecule has 0 atom stereocenters. The third kappa shape index (κ3) is 3.56. The van der Waals surface area contributed by atoms with Gasteiger partial charge >= 0.3 is 0 Å². The van der Waals surface area contributed by atoms with E-state index in [2.05, 4.69) is 25.6 Å². The van der Waals surface area contributed by atoms with Gasteiger partial charge in [-0.1, -0.05) is 35.2 Å². The number of hydrogen-bond donors (Lipinski definition) is 1. The van der Waals surface area contributed by atoms with E-state index in [4.69, 9.17) is 0 Å². The van der Waals surface area contributed by atoms with Gasteiger partial charge in [0.25, 0.3) is 10.0 Å². The first-order valence-corrected chi connectivity index (χ1v) is 9.26. The van der Waals surface area contributed by atoms with Crippen LogP contribution in [0, 0.1) is 11.2 Å². The Balaban J connectivity index is 2.11. The number of alkyl halides is 1. The quantitative estimate of drug-likeness (QED) is 0.817. The summed E-state index contributed by atoms with van der Waals surface area (Å²) in [5.74, 6) is -0.823. The van der Waals surface area contributed by atoms with Crippen molar-refractivity contribution in [3.63, 3.8) is 0 Å². The number of pyridine rings is 1. The highest BCUT2D eigenvalue weighted by Crippen LogP contribution is 2.37. The second-order valence-corrected chi connectivity index (χ2v) is 7.55.